The first-order chi connectivity index (χ1) is 5.79. The number of carbonyl (C=O) groups is 2. The van der Waals surface area contributed by atoms with Crippen molar-refractivity contribution in [2.75, 3.05) is 7.11 Å². The van der Waals surface area contributed by atoms with Crippen molar-refractivity contribution in [1.29, 1.82) is 0 Å². The fourth-order valence-electron chi connectivity index (χ4n) is 0.386. The number of ether oxygens (including phenoxy) is 2. The molecule has 0 rings (SSSR count). The van der Waals surface area contributed by atoms with Crippen molar-refractivity contribution in [3.05, 3.63) is 0 Å². The molecular formula is C5H6F3NO4. The van der Waals surface area contributed by atoms with Crippen molar-refractivity contribution >= 4 is 11.9 Å². The zero-order chi connectivity index (χ0) is 10.6. The molecule has 8 heteroatoms. The smallest absolute Gasteiger partial charge is 0.419 e. The second-order valence-electron chi connectivity index (χ2n) is 1.87. The number of nitrogens with two attached hydrogens (primary N) is 1. The van der Waals surface area contributed by atoms with Crippen LogP contribution in [0.25, 0.3) is 0 Å². The summed E-state index contributed by atoms with van der Waals surface area (Å²) < 4.78 is 42.2. The molecule has 1 unspecified atom stereocenters. The number of alkyl halides is 3. The summed E-state index contributed by atoms with van der Waals surface area (Å²) in [6, 6.07) is 0. The number of hydrogen-bond acceptors (Lipinski definition) is 4. The van der Waals surface area contributed by atoms with Crippen molar-refractivity contribution < 1.29 is 32.2 Å². The number of amides is 1. The molecular weight excluding hydrogens is 195 g/mol. The second kappa shape index (κ2) is 4.08. The van der Waals surface area contributed by atoms with Gasteiger partial charge in [0.1, 0.15) is 0 Å². The van der Waals surface area contributed by atoms with E-state index < -0.39 is 24.3 Å². The normalized spacial score (nSPS) is 13.5. The zero-order valence-corrected chi connectivity index (χ0v) is 6.42. The summed E-state index contributed by atoms with van der Waals surface area (Å²) in [4.78, 5) is 20.3. The molecule has 0 fully saturated rings. The first kappa shape index (κ1) is 11.7. The number of hydrogen-bond donors (Lipinski definition) is 1. The highest BCUT2D eigenvalue weighted by molar-refractivity contribution is 5.82. The van der Waals surface area contributed by atoms with E-state index in [4.69, 9.17) is 0 Å². The third-order valence-electron chi connectivity index (χ3n) is 0.892. The molecule has 0 spiro atoms. The molecule has 1 atom stereocenters. The average Bonchev–Trinajstić information content (AvgIpc) is 1.96. The van der Waals surface area contributed by atoms with Crippen LogP contribution in [0.15, 0.2) is 0 Å². The Bertz CT molecular complexity index is 214. The minimum Gasteiger partial charge on any atom is -0.419 e. The van der Waals surface area contributed by atoms with Crippen LogP contribution in [0.3, 0.4) is 0 Å². The monoisotopic (exact) mass is 201 g/mol. The van der Waals surface area contributed by atoms with E-state index in [1.807, 2.05) is 0 Å². The Morgan fingerprint density at radius 3 is 2.08 bits per heavy atom. The van der Waals surface area contributed by atoms with Crippen LogP contribution in [-0.4, -0.2) is 31.5 Å². The minimum absolute atomic E-state index is 0.874. The molecule has 0 aliphatic rings. The summed E-state index contributed by atoms with van der Waals surface area (Å²) in [5, 5.41) is 0. The number of esters is 1. The van der Waals surface area contributed by atoms with Gasteiger partial charge in [0.15, 0.2) is 0 Å². The molecule has 0 radical (unpaired) electrons. The van der Waals surface area contributed by atoms with E-state index in [0.29, 0.717) is 0 Å². The molecule has 1 amide bonds. The van der Waals surface area contributed by atoms with E-state index in [9.17, 15) is 22.8 Å². The number of rotatable bonds is 3. The van der Waals surface area contributed by atoms with Crippen molar-refractivity contribution in [3.8, 4) is 0 Å². The van der Waals surface area contributed by atoms with Gasteiger partial charge in [-0.1, -0.05) is 0 Å². The molecule has 0 aliphatic carbocycles. The van der Waals surface area contributed by atoms with Gasteiger partial charge in [-0.25, -0.2) is 4.79 Å². The van der Waals surface area contributed by atoms with Crippen molar-refractivity contribution in [1.82, 2.24) is 0 Å². The molecule has 0 saturated carbocycles. The van der Waals surface area contributed by atoms with Gasteiger partial charge in [-0.05, 0) is 0 Å². The first-order valence-corrected chi connectivity index (χ1v) is 2.89. The van der Waals surface area contributed by atoms with E-state index in [0.717, 1.165) is 7.11 Å². The van der Waals surface area contributed by atoms with Gasteiger partial charge >= 0.3 is 12.1 Å². The summed E-state index contributed by atoms with van der Waals surface area (Å²) in [5.74, 6) is -3.85. The van der Waals surface area contributed by atoms with Gasteiger partial charge in [-0.15, -0.1) is 0 Å². The number of primary amides is 1. The molecule has 0 aromatic carbocycles. The summed E-state index contributed by atoms with van der Waals surface area (Å²) in [6.45, 7) is 0. The van der Waals surface area contributed by atoms with E-state index in [2.05, 4.69) is 15.2 Å². The summed E-state index contributed by atoms with van der Waals surface area (Å²) in [6.07, 6.45) is -7.19. The van der Waals surface area contributed by atoms with E-state index >= 15 is 0 Å². The molecule has 0 aliphatic heterocycles. The molecule has 76 valence electrons. The Labute approximate surface area is 70.6 Å². The van der Waals surface area contributed by atoms with E-state index in [1.54, 1.807) is 0 Å². The Hall–Kier alpha value is -1.31. The van der Waals surface area contributed by atoms with Crippen LogP contribution >= 0.6 is 0 Å². The van der Waals surface area contributed by atoms with Crippen LogP contribution in [0.1, 0.15) is 0 Å². The lowest BCUT2D eigenvalue weighted by Gasteiger charge is -2.13. The molecule has 0 saturated heterocycles. The summed E-state index contributed by atoms with van der Waals surface area (Å²) >= 11 is 0. The summed E-state index contributed by atoms with van der Waals surface area (Å²) in [7, 11) is 0.874. The van der Waals surface area contributed by atoms with E-state index in [-0.39, 0.29) is 0 Å². The Morgan fingerprint density at radius 2 is 1.85 bits per heavy atom. The van der Waals surface area contributed by atoms with Gasteiger partial charge < -0.3 is 15.2 Å². The van der Waals surface area contributed by atoms with Gasteiger partial charge in [-0.2, -0.15) is 13.2 Å². The third kappa shape index (κ3) is 3.74. The van der Waals surface area contributed by atoms with Gasteiger partial charge in [0.05, 0.1) is 0 Å². The lowest BCUT2D eigenvalue weighted by molar-refractivity contribution is -0.221. The number of carbonyl (C=O) groups excluding carboxylic acids is 2. The maximum Gasteiger partial charge on any atom is 0.491 e. The Kier molecular flexibility index (Phi) is 3.67. The molecule has 0 aromatic heterocycles. The maximum absolute atomic E-state index is 11.5. The quantitative estimate of drug-likeness (QED) is 0.495. The van der Waals surface area contributed by atoms with Crippen LogP contribution in [0, 0.1) is 0 Å². The van der Waals surface area contributed by atoms with Crippen molar-refractivity contribution in [2.24, 2.45) is 5.73 Å². The molecule has 13 heavy (non-hydrogen) atoms. The highest BCUT2D eigenvalue weighted by Crippen LogP contribution is 2.17. The molecule has 2 N–H and O–H groups in total. The highest BCUT2D eigenvalue weighted by atomic mass is 19.4. The van der Waals surface area contributed by atoms with Gasteiger partial charge in [0.2, 0.25) is 0 Å². The van der Waals surface area contributed by atoms with Gasteiger partial charge in [0, 0.05) is 7.11 Å². The topological polar surface area (TPSA) is 78.6 Å². The molecule has 0 heterocycles. The zero-order valence-electron chi connectivity index (χ0n) is 6.42. The fraction of sp³-hybridized carbons (Fsp3) is 0.600. The number of halogens is 3. The lowest BCUT2D eigenvalue weighted by atomic mass is 10.6. The fourth-order valence-corrected chi connectivity index (χ4v) is 0.386. The highest BCUT2D eigenvalue weighted by Gasteiger charge is 2.43. The molecule has 0 bridgehead atoms. The Morgan fingerprint density at radius 1 is 1.38 bits per heavy atom. The van der Waals surface area contributed by atoms with Crippen molar-refractivity contribution in [2.45, 2.75) is 12.5 Å². The van der Waals surface area contributed by atoms with Gasteiger partial charge in [-0.3, -0.25) is 4.79 Å². The maximum atomic E-state index is 11.5. The summed E-state index contributed by atoms with van der Waals surface area (Å²) in [5.41, 5.74) is 4.53. The van der Waals surface area contributed by atoms with Crippen LogP contribution < -0.4 is 5.73 Å². The second-order valence-corrected chi connectivity index (χ2v) is 1.87. The predicted molar refractivity (Wildman–Crippen MR) is 32.1 cm³/mol. The molecule has 5 nitrogen and oxygen atoms in total. The first-order valence-electron chi connectivity index (χ1n) is 2.89. The lowest BCUT2D eigenvalue weighted by Crippen LogP contribution is -2.38. The minimum atomic E-state index is -5.17. The third-order valence-corrected chi connectivity index (χ3v) is 0.892. The van der Waals surface area contributed by atoms with Crippen LogP contribution in [0.5, 0.6) is 0 Å². The SMILES string of the molecule is COC(OC(=O)C(F)(F)F)C(N)=O. The molecule has 0 aromatic rings. The number of methoxy groups -OCH3 is 1. The largest absolute Gasteiger partial charge is 0.491 e. The Balaban J connectivity index is 4.26. The average molecular weight is 201 g/mol. The van der Waals surface area contributed by atoms with Crippen LogP contribution in [0.4, 0.5) is 13.2 Å². The van der Waals surface area contributed by atoms with Crippen LogP contribution in [0.2, 0.25) is 0 Å². The van der Waals surface area contributed by atoms with Crippen LogP contribution in [-0.2, 0) is 19.1 Å². The van der Waals surface area contributed by atoms with Crippen molar-refractivity contribution in [3.63, 3.8) is 0 Å². The van der Waals surface area contributed by atoms with E-state index in [1.165, 1.54) is 0 Å². The standard InChI is InChI=1S/C5H6F3NO4/c1-12-3(2(9)10)13-4(11)5(6,7)8/h3H,1H3,(H2,9,10). The predicted octanol–water partition coefficient (Wildman–Crippen LogP) is -0.450. The van der Waals surface area contributed by atoms with Gasteiger partial charge in [0.25, 0.3) is 12.2 Å².